The molecule has 1 aliphatic rings. The van der Waals surface area contributed by atoms with Crippen molar-refractivity contribution in [1.29, 1.82) is 0 Å². The molecular formula is C18H27N4O3+. The van der Waals surface area contributed by atoms with Crippen molar-refractivity contribution >= 4 is 23.4 Å². The summed E-state index contributed by atoms with van der Waals surface area (Å²) in [5.41, 5.74) is 0.962. The van der Waals surface area contributed by atoms with Crippen molar-refractivity contribution in [3.63, 3.8) is 0 Å². The van der Waals surface area contributed by atoms with Crippen LogP contribution in [0.15, 0.2) is 24.3 Å². The third-order valence-corrected chi connectivity index (χ3v) is 4.05. The molecule has 0 bridgehead atoms. The molecule has 25 heavy (non-hydrogen) atoms. The van der Waals surface area contributed by atoms with Gasteiger partial charge in [-0.1, -0.05) is 12.1 Å². The molecule has 0 radical (unpaired) electrons. The number of para-hydroxylation sites is 1. The maximum absolute atomic E-state index is 12.3. The third kappa shape index (κ3) is 6.19. The van der Waals surface area contributed by atoms with Gasteiger partial charge >= 0.3 is 0 Å². The van der Waals surface area contributed by atoms with Crippen molar-refractivity contribution in [2.45, 2.75) is 32.7 Å². The van der Waals surface area contributed by atoms with Crippen LogP contribution in [0.2, 0.25) is 0 Å². The minimum Gasteiger partial charge on any atom is -0.351 e. The fraction of sp³-hybridized carbons (Fsp3) is 0.500. The van der Waals surface area contributed by atoms with Crippen LogP contribution in [-0.2, 0) is 9.59 Å². The zero-order chi connectivity index (χ0) is 18.2. The number of quaternary nitrogens is 1. The van der Waals surface area contributed by atoms with E-state index in [1.807, 2.05) is 13.8 Å². The number of amides is 3. The van der Waals surface area contributed by atoms with Crippen molar-refractivity contribution in [1.82, 2.24) is 10.6 Å². The van der Waals surface area contributed by atoms with Crippen LogP contribution < -0.4 is 20.9 Å². The molecule has 1 saturated carbocycles. The second-order valence-corrected chi connectivity index (χ2v) is 6.25. The second kappa shape index (κ2) is 9.17. The van der Waals surface area contributed by atoms with Gasteiger partial charge in [-0.05, 0) is 38.8 Å². The molecule has 0 aliphatic heterocycles. The van der Waals surface area contributed by atoms with Crippen LogP contribution in [0.1, 0.15) is 37.0 Å². The Morgan fingerprint density at radius 2 is 1.76 bits per heavy atom. The third-order valence-electron chi connectivity index (χ3n) is 4.05. The molecule has 1 unspecified atom stereocenters. The van der Waals surface area contributed by atoms with E-state index in [-0.39, 0.29) is 36.9 Å². The van der Waals surface area contributed by atoms with E-state index in [1.165, 1.54) is 0 Å². The average Bonchev–Trinajstić information content (AvgIpc) is 3.38. The number of benzene rings is 1. The molecule has 0 aromatic heterocycles. The molecule has 1 aliphatic carbocycles. The quantitative estimate of drug-likeness (QED) is 0.488. The monoisotopic (exact) mass is 347 g/mol. The van der Waals surface area contributed by atoms with Gasteiger partial charge in [0.2, 0.25) is 0 Å². The largest absolute Gasteiger partial charge is 0.351 e. The number of carbonyl (C=O) groups is 3. The Balaban J connectivity index is 1.95. The molecule has 136 valence electrons. The first kappa shape index (κ1) is 18.9. The minimum absolute atomic E-state index is 0.0728. The first-order chi connectivity index (χ1) is 12.0. The van der Waals surface area contributed by atoms with Gasteiger partial charge in [-0.25, -0.2) is 0 Å². The lowest BCUT2D eigenvalue weighted by Crippen LogP contribution is -3.14. The molecule has 1 fully saturated rings. The van der Waals surface area contributed by atoms with E-state index in [9.17, 15) is 14.4 Å². The van der Waals surface area contributed by atoms with Gasteiger partial charge in [-0.3, -0.25) is 14.4 Å². The Kier molecular flexibility index (Phi) is 6.94. The summed E-state index contributed by atoms with van der Waals surface area (Å²) in [5.74, 6) is -0.454. The Labute approximate surface area is 148 Å². The van der Waals surface area contributed by atoms with Crippen molar-refractivity contribution in [3.05, 3.63) is 29.8 Å². The molecule has 0 heterocycles. The van der Waals surface area contributed by atoms with Gasteiger partial charge in [-0.2, -0.15) is 0 Å². The molecule has 1 aromatic rings. The first-order valence-corrected chi connectivity index (χ1v) is 8.83. The minimum atomic E-state index is -0.215. The van der Waals surface area contributed by atoms with Crippen LogP contribution in [0.3, 0.4) is 0 Å². The Morgan fingerprint density at radius 1 is 1.08 bits per heavy atom. The van der Waals surface area contributed by atoms with E-state index in [0.29, 0.717) is 24.3 Å². The Hall–Kier alpha value is -2.41. The average molecular weight is 347 g/mol. The van der Waals surface area contributed by atoms with Crippen LogP contribution in [0, 0.1) is 0 Å². The Morgan fingerprint density at radius 3 is 2.40 bits per heavy atom. The summed E-state index contributed by atoms with van der Waals surface area (Å²) < 4.78 is 0. The van der Waals surface area contributed by atoms with Crippen molar-refractivity contribution in [2.24, 2.45) is 0 Å². The predicted octanol–water partition coefficient (Wildman–Crippen LogP) is -0.442. The molecule has 1 aromatic carbocycles. The van der Waals surface area contributed by atoms with Gasteiger partial charge in [0, 0.05) is 12.6 Å². The van der Waals surface area contributed by atoms with E-state index in [1.54, 1.807) is 24.3 Å². The highest BCUT2D eigenvalue weighted by Crippen LogP contribution is 2.21. The van der Waals surface area contributed by atoms with Gasteiger partial charge in [0.15, 0.2) is 13.1 Å². The summed E-state index contributed by atoms with van der Waals surface area (Å²) in [6, 6.07) is 7.23. The van der Waals surface area contributed by atoms with Crippen LogP contribution in [0.4, 0.5) is 5.69 Å². The standard InChI is InChI=1S/C18H26N4O3/c1-3-19-16(23)11-22(4-2)12-17(24)21-15-8-6-5-7-14(15)18(25)20-13-9-10-13/h5-8,13H,3-4,9-12H2,1-2H3,(H,19,23)(H,20,25)(H,21,24)/p+1. The lowest BCUT2D eigenvalue weighted by Gasteiger charge is -2.17. The lowest BCUT2D eigenvalue weighted by atomic mass is 10.1. The van der Waals surface area contributed by atoms with Gasteiger partial charge in [0.25, 0.3) is 17.7 Å². The maximum Gasteiger partial charge on any atom is 0.279 e. The van der Waals surface area contributed by atoms with Crippen LogP contribution in [0.5, 0.6) is 0 Å². The molecule has 7 nitrogen and oxygen atoms in total. The maximum atomic E-state index is 12.3. The summed E-state index contributed by atoms with van der Waals surface area (Å²) >= 11 is 0. The number of hydrogen-bond acceptors (Lipinski definition) is 3. The van der Waals surface area contributed by atoms with Crippen molar-refractivity contribution < 1.29 is 19.3 Å². The summed E-state index contributed by atoms with van der Waals surface area (Å²) in [6.45, 7) is 5.45. The molecule has 1 atom stereocenters. The topological polar surface area (TPSA) is 91.7 Å². The van der Waals surface area contributed by atoms with E-state index >= 15 is 0 Å². The smallest absolute Gasteiger partial charge is 0.279 e. The molecular weight excluding hydrogens is 320 g/mol. The first-order valence-electron chi connectivity index (χ1n) is 8.83. The van der Waals surface area contributed by atoms with Gasteiger partial charge in [0.05, 0.1) is 17.8 Å². The van der Waals surface area contributed by atoms with E-state index in [0.717, 1.165) is 17.7 Å². The number of rotatable bonds is 9. The molecule has 0 saturated heterocycles. The van der Waals surface area contributed by atoms with E-state index < -0.39 is 0 Å². The summed E-state index contributed by atoms with van der Waals surface area (Å²) in [5, 5.41) is 8.47. The molecule has 4 N–H and O–H groups in total. The summed E-state index contributed by atoms with van der Waals surface area (Å²) in [7, 11) is 0. The molecule has 7 heteroatoms. The number of likely N-dealkylation sites (N-methyl/N-ethyl adjacent to an activating group) is 2. The second-order valence-electron chi connectivity index (χ2n) is 6.25. The highest BCUT2D eigenvalue weighted by molar-refractivity contribution is 6.04. The zero-order valence-electron chi connectivity index (χ0n) is 14.9. The normalized spacial score (nSPS) is 14.5. The van der Waals surface area contributed by atoms with Gasteiger partial charge in [-0.15, -0.1) is 0 Å². The lowest BCUT2D eigenvalue weighted by molar-refractivity contribution is -0.881. The number of hydrogen-bond donors (Lipinski definition) is 4. The summed E-state index contributed by atoms with van der Waals surface area (Å²) in [6.07, 6.45) is 2.02. The predicted molar refractivity (Wildman–Crippen MR) is 95.5 cm³/mol. The molecule has 2 rings (SSSR count). The fourth-order valence-corrected chi connectivity index (χ4v) is 2.50. The van der Waals surface area contributed by atoms with E-state index in [2.05, 4.69) is 16.0 Å². The zero-order valence-corrected chi connectivity index (χ0v) is 14.9. The molecule has 3 amide bonds. The highest BCUT2D eigenvalue weighted by Gasteiger charge is 2.25. The number of anilines is 1. The number of carbonyl (C=O) groups excluding carboxylic acids is 3. The van der Waals surface area contributed by atoms with Gasteiger partial charge in [0.1, 0.15) is 0 Å². The molecule has 0 spiro atoms. The van der Waals surface area contributed by atoms with Crippen LogP contribution >= 0.6 is 0 Å². The van der Waals surface area contributed by atoms with Crippen molar-refractivity contribution in [2.75, 3.05) is 31.5 Å². The Bertz CT molecular complexity index is 629. The van der Waals surface area contributed by atoms with E-state index in [4.69, 9.17) is 0 Å². The van der Waals surface area contributed by atoms with Crippen molar-refractivity contribution in [3.8, 4) is 0 Å². The fourth-order valence-electron chi connectivity index (χ4n) is 2.50. The van der Waals surface area contributed by atoms with Crippen LogP contribution in [-0.4, -0.2) is 49.9 Å². The summed E-state index contributed by atoms with van der Waals surface area (Å²) in [4.78, 5) is 37.2. The van der Waals surface area contributed by atoms with Gasteiger partial charge < -0.3 is 20.9 Å². The number of nitrogens with one attached hydrogen (secondary N) is 4. The van der Waals surface area contributed by atoms with Crippen LogP contribution in [0.25, 0.3) is 0 Å². The highest BCUT2D eigenvalue weighted by atomic mass is 16.2. The SMILES string of the molecule is CCNC(=O)C[NH+](CC)CC(=O)Nc1ccccc1C(=O)NC1CC1.